The number of fused-ring (bicyclic) bond motifs is 1. The Kier molecular flexibility index (Phi) is 6.04. The number of Topliss-reactive ketones (excluding diaryl/α,β-unsaturated/α-hetero) is 1. The highest BCUT2D eigenvalue weighted by Crippen LogP contribution is 2.38. The van der Waals surface area contributed by atoms with Crippen molar-refractivity contribution in [3.63, 3.8) is 0 Å². The van der Waals surface area contributed by atoms with E-state index in [1.807, 2.05) is 18.2 Å². The summed E-state index contributed by atoms with van der Waals surface area (Å²) in [4.78, 5) is 26.6. The molecule has 0 radical (unpaired) electrons. The second-order valence-electron chi connectivity index (χ2n) is 8.62. The van der Waals surface area contributed by atoms with E-state index in [-0.39, 0.29) is 17.5 Å². The molecular weight excluding hydrogens is 435 g/mol. The maximum atomic E-state index is 13.2. The van der Waals surface area contributed by atoms with Gasteiger partial charge in [0.2, 0.25) is 5.95 Å². The number of ketones is 1. The molecule has 0 saturated carbocycles. The van der Waals surface area contributed by atoms with Gasteiger partial charge in [-0.15, -0.1) is 0 Å². The summed E-state index contributed by atoms with van der Waals surface area (Å²) in [6.45, 7) is 3.08. The molecule has 3 aromatic rings. The van der Waals surface area contributed by atoms with Crippen LogP contribution in [0.25, 0.3) is 0 Å². The minimum atomic E-state index is -0.232. The average molecular weight is 463 g/mol. The molecule has 0 bridgehead atoms. The van der Waals surface area contributed by atoms with Crippen molar-refractivity contribution in [2.24, 2.45) is 0 Å². The maximum Gasteiger partial charge on any atom is 0.225 e. The van der Waals surface area contributed by atoms with E-state index in [0.717, 1.165) is 43.1 Å². The molecule has 176 valence electrons. The van der Waals surface area contributed by atoms with Gasteiger partial charge in [0.05, 0.1) is 25.5 Å². The van der Waals surface area contributed by atoms with E-state index < -0.39 is 0 Å². The van der Waals surface area contributed by atoms with E-state index in [1.165, 1.54) is 12.1 Å². The summed E-state index contributed by atoms with van der Waals surface area (Å²) in [5.74, 6) is 1.88. The van der Waals surface area contributed by atoms with E-state index >= 15 is 0 Å². The lowest BCUT2D eigenvalue weighted by atomic mass is 9.82. The molecule has 1 atom stereocenters. The monoisotopic (exact) mass is 462 g/mol. The standard InChI is InChI=1S/C26H27FN4O3/c1-33-20-7-8-21(25(15-20)34-2)17-13-23-22(24(32)14-17)16-28-26(29-23)31-11-9-30(10-12-31)19-5-3-18(27)4-6-19/h3-8,15-17H,9-14H2,1-2H3/t17-/m1/s1. The number of halogens is 1. The lowest BCUT2D eigenvalue weighted by Gasteiger charge is -2.36. The SMILES string of the molecule is COc1ccc([C@H]2CC(=O)c3cnc(N4CCN(c5ccc(F)cc5)CC4)nc3C2)c(OC)c1. The molecule has 0 N–H and O–H groups in total. The lowest BCUT2D eigenvalue weighted by molar-refractivity contribution is 0.0962. The predicted molar refractivity (Wildman–Crippen MR) is 128 cm³/mol. The second kappa shape index (κ2) is 9.29. The van der Waals surface area contributed by atoms with E-state index in [4.69, 9.17) is 14.5 Å². The van der Waals surface area contributed by atoms with Crippen LogP contribution in [0.3, 0.4) is 0 Å². The quantitative estimate of drug-likeness (QED) is 0.570. The Labute approximate surface area is 198 Å². The summed E-state index contributed by atoms with van der Waals surface area (Å²) in [6.07, 6.45) is 2.72. The molecule has 0 spiro atoms. The van der Waals surface area contributed by atoms with Crippen LogP contribution in [0.4, 0.5) is 16.0 Å². The van der Waals surface area contributed by atoms with Crippen molar-refractivity contribution in [1.82, 2.24) is 9.97 Å². The first-order chi connectivity index (χ1) is 16.6. The molecule has 0 amide bonds. The minimum Gasteiger partial charge on any atom is -0.497 e. The van der Waals surface area contributed by atoms with Gasteiger partial charge in [-0.1, -0.05) is 6.07 Å². The van der Waals surface area contributed by atoms with Crippen LogP contribution in [0.2, 0.25) is 0 Å². The van der Waals surface area contributed by atoms with E-state index in [9.17, 15) is 9.18 Å². The number of aromatic nitrogens is 2. The molecule has 8 heteroatoms. The fourth-order valence-electron chi connectivity index (χ4n) is 4.78. The molecule has 1 aliphatic carbocycles. The number of hydrogen-bond donors (Lipinski definition) is 0. The third-order valence-corrected chi connectivity index (χ3v) is 6.66. The smallest absolute Gasteiger partial charge is 0.225 e. The number of anilines is 2. The number of hydrogen-bond acceptors (Lipinski definition) is 7. The molecule has 7 nitrogen and oxygen atoms in total. The minimum absolute atomic E-state index is 0.0149. The van der Waals surface area contributed by atoms with Gasteiger partial charge in [0.15, 0.2) is 5.78 Å². The Balaban J connectivity index is 1.33. The highest BCUT2D eigenvalue weighted by molar-refractivity contribution is 5.98. The van der Waals surface area contributed by atoms with Crippen molar-refractivity contribution in [3.8, 4) is 11.5 Å². The summed E-state index contributed by atoms with van der Waals surface area (Å²) in [6, 6.07) is 12.3. The third-order valence-electron chi connectivity index (χ3n) is 6.66. The zero-order valence-electron chi connectivity index (χ0n) is 19.3. The van der Waals surface area contributed by atoms with Crippen molar-refractivity contribution in [2.75, 3.05) is 50.2 Å². The van der Waals surface area contributed by atoms with Crippen LogP contribution in [0, 0.1) is 5.82 Å². The zero-order chi connectivity index (χ0) is 23.7. The molecule has 0 unspecified atom stereocenters. The van der Waals surface area contributed by atoms with Gasteiger partial charge in [-0.3, -0.25) is 4.79 Å². The van der Waals surface area contributed by atoms with Gasteiger partial charge in [-0.2, -0.15) is 0 Å². The summed E-state index contributed by atoms with van der Waals surface area (Å²) in [5, 5.41) is 0. The van der Waals surface area contributed by atoms with Crippen LogP contribution in [-0.4, -0.2) is 56.1 Å². The average Bonchev–Trinajstić information content (AvgIpc) is 2.88. The van der Waals surface area contributed by atoms with Gasteiger partial charge in [0.25, 0.3) is 0 Å². The normalized spacial score (nSPS) is 18.0. The van der Waals surface area contributed by atoms with Crippen molar-refractivity contribution in [2.45, 2.75) is 18.8 Å². The molecule has 1 aliphatic heterocycles. The summed E-state index contributed by atoms with van der Waals surface area (Å²) in [5.41, 5.74) is 3.38. The number of carbonyl (C=O) groups is 1. The lowest BCUT2D eigenvalue weighted by Crippen LogP contribution is -2.47. The molecule has 34 heavy (non-hydrogen) atoms. The van der Waals surface area contributed by atoms with Crippen LogP contribution < -0.4 is 19.3 Å². The fraction of sp³-hybridized carbons (Fsp3) is 0.346. The fourth-order valence-corrected chi connectivity index (χ4v) is 4.78. The predicted octanol–water partition coefficient (Wildman–Crippen LogP) is 3.87. The zero-order valence-corrected chi connectivity index (χ0v) is 19.3. The van der Waals surface area contributed by atoms with Gasteiger partial charge >= 0.3 is 0 Å². The van der Waals surface area contributed by atoms with Crippen LogP contribution in [0.1, 0.15) is 34.0 Å². The number of nitrogens with zero attached hydrogens (tertiary/aromatic N) is 4. The highest BCUT2D eigenvalue weighted by atomic mass is 19.1. The van der Waals surface area contributed by atoms with Crippen LogP contribution in [-0.2, 0) is 6.42 Å². The van der Waals surface area contributed by atoms with Crippen molar-refractivity contribution in [1.29, 1.82) is 0 Å². The molecule has 2 heterocycles. The molecule has 1 aromatic heterocycles. The molecule has 1 saturated heterocycles. The topological polar surface area (TPSA) is 67.8 Å². The number of ether oxygens (including phenoxy) is 2. The van der Waals surface area contributed by atoms with Crippen molar-refractivity contribution in [3.05, 3.63) is 71.3 Å². The number of rotatable bonds is 5. The van der Waals surface area contributed by atoms with Gasteiger partial charge < -0.3 is 19.3 Å². The molecule has 2 aliphatic rings. The molecule has 5 rings (SSSR count). The van der Waals surface area contributed by atoms with Crippen LogP contribution in [0.15, 0.2) is 48.7 Å². The first-order valence-electron chi connectivity index (χ1n) is 11.4. The van der Waals surface area contributed by atoms with Gasteiger partial charge in [0, 0.05) is 56.5 Å². The Morgan fingerprint density at radius 3 is 2.38 bits per heavy atom. The van der Waals surface area contributed by atoms with Crippen LogP contribution in [0.5, 0.6) is 11.5 Å². The summed E-state index contributed by atoms with van der Waals surface area (Å²) >= 11 is 0. The van der Waals surface area contributed by atoms with Gasteiger partial charge in [0.1, 0.15) is 17.3 Å². The Bertz CT molecular complexity index is 1190. The second-order valence-corrected chi connectivity index (χ2v) is 8.62. The van der Waals surface area contributed by atoms with Gasteiger partial charge in [-0.05, 0) is 42.3 Å². The molecule has 2 aromatic carbocycles. The number of carbonyl (C=O) groups excluding carboxylic acids is 1. The Hall–Kier alpha value is -3.68. The first-order valence-corrected chi connectivity index (χ1v) is 11.4. The number of benzene rings is 2. The Morgan fingerprint density at radius 2 is 1.68 bits per heavy atom. The van der Waals surface area contributed by atoms with E-state index in [0.29, 0.717) is 35.9 Å². The van der Waals surface area contributed by atoms with Crippen molar-refractivity contribution < 1.29 is 18.7 Å². The Morgan fingerprint density at radius 1 is 0.941 bits per heavy atom. The van der Waals surface area contributed by atoms with E-state index in [2.05, 4.69) is 14.8 Å². The van der Waals surface area contributed by atoms with E-state index in [1.54, 1.807) is 32.5 Å². The summed E-state index contributed by atoms with van der Waals surface area (Å²) < 4.78 is 24.1. The number of piperazine rings is 1. The molecule has 1 fully saturated rings. The molecular formula is C26H27FN4O3. The largest absolute Gasteiger partial charge is 0.497 e. The third kappa shape index (κ3) is 4.27. The first kappa shape index (κ1) is 22.1. The summed E-state index contributed by atoms with van der Waals surface area (Å²) in [7, 11) is 3.25. The highest BCUT2D eigenvalue weighted by Gasteiger charge is 2.31. The van der Waals surface area contributed by atoms with Crippen LogP contribution >= 0.6 is 0 Å². The van der Waals surface area contributed by atoms with Crippen molar-refractivity contribution >= 4 is 17.4 Å². The number of methoxy groups -OCH3 is 2. The maximum absolute atomic E-state index is 13.2. The van der Waals surface area contributed by atoms with Gasteiger partial charge in [-0.25, -0.2) is 14.4 Å².